The minimum Gasteiger partial charge on any atom is -0.467 e. The van der Waals surface area contributed by atoms with Gasteiger partial charge >= 0.3 is 6.01 Å². The van der Waals surface area contributed by atoms with Crippen molar-refractivity contribution >= 4 is 11.9 Å². The van der Waals surface area contributed by atoms with Gasteiger partial charge in [-0.1, -0.05) is 13.8 Å². The van der Waals surface area contributed by atoms with Gasteiger partial charge in [-0.15, -0.1) is 0 Å². The number of methoxy groups -OCH3 is 1. The molecule has 1 aliphatic rings. The van der Waals surface area contributed by atoms with Crippen LogP contribution in [0.25, 0.3) is 0 Å². The molecular weight excluding hydrogens is 206 g/mol. The fourth-order valence-corrected chi connectivity index (χ4v) is 1.89. The summed E-state index contributed by atoms with van der Waals surface area (Å²) in [7, 11) is 1.52. The monoisotopic (exact) mass is 223 g/mol. The van der Waals surface area contributed by atoms with Crippen molar-refractivity contribution in [2.24, 2.45) is 11.8 Å². The third kappa shape index (κ3) is 2.00. The van der Waals surface area contributed by atoms with E-state index in [0.29, 0.717) is 17.8 Å². The molecule has 2 N–H and O–H groups in total. The zero-order valence-electron chi connectivity index (χ0n) is 9.84. The van der Waals surface area contributed by atoms with Gasteiger partial charge in [0.25, 0.3) is 0 Å². The molecule has 88 valence electrons. The van der Waals surface area contributed by atoms with Crippen molar-refractivity contribution in [3.8, 4) is 6.01 Å². The maximum atomic E-state index is 5.60. The van der Waals surface area contributed by atoms with E-state index in [2.05, 4.69) is 33.7 Å². The van der Waals surface area contributed by atoms with Gasteiger partial charge in [0.2, 0.25) is 11.9 Å². The van der Waals surface area contributed by atoms with Crippen LogP contribution >= 0.6 is 0 Å². The van der Waals surface area contributed by atoms with Crippen molar-refractivity contribution in [3.05, 3.63) is 0 Å². The van der Waals surface area contributed by atoms with E-state index in [0.717, 1.165) is 13.1 Å². The summed E-state index contributed by atoms with van der Waals surface area (Å²) in [4.78, 5) is 14.3. The Bertz CT molecular complexity index is 373. The average Bonchev–Trinajstić information content (AvgIpc) is 2.58. The van der Waals surface area contributed by atoms with E-state index < -0.39 is 0 Å². The summed E-state index contributed by atoms with van der Waals surface area (Å²) in [5, 5.41) is 0. The Kier molecular flexibility index (Phi) is 2.80. The molecule has 16 heavy (non-hydrogen) atoms. The molecule has 1 aromatic heterocycles. The van der Waals surface area contributed by atoms with Crippen molar-refractivity contribution in [1.29, 1.82) is 0 Å². The van der Waals surface area contributed by atoms with E-state index in [1.54, 1.807) is 0 Å². The van der Waals surface area contributed by atoms with Crippen LogP contribution in [0.5, 0.6) is 6.01 Å². The van der Waals surface area contributed by atoms with Gasteiger partial charge in [0.15, 0.2) is 0 Å². The standard InChI is InChI=1S/C10H17N5O/c1-6-4-15(5-7(6)2)9-12-8(11)13-10(14-9)16-3/h6-7H,4-5H2,1-3H3,(H2,11,12,13,14). The molecule has 0 amide bonds. The Labute approximate surface area is 94.9 Å². The molecule has 0 spiro atoms. The van der Waals surface area contributed by atoms with E-state index in [9.17, 15) is 0 Å². The number of rotatable bonds is 2. The van der Waals surface area contributed by atoms with Gasteiger partial charge in [-0.3, -0.25) is 0 Å². The quantitative estimate of drug-likeness (QED) is 0.789. The first-order valence-electron chi connectivity index (χ1n) is 5.40. The highest BCUT2D eigenvalue weighted by Gasteiger charge is 2.28. The van der Waals surface area contributed by atoms with Crippen LogP contribution in [0.15, 0.2) is 0 Å². The van der Waals surface area contributed by atoms with Crippen LogP contribution in [-0.4, -0.2) is 35.2 Å². The highest BCUT2D eigenvalue weighted by atomic mass is 16.5. The van der Waals surface area contributed by atoms with E-state index in [-0.39, 0.29) is 12.0 Å². The summed E-state index contributed by atoms with van der Waals surface area (Å²) in [6.07, 6.45) is 0. The van der Waals surface area contributed by atoms with Gasteiger partial charge < -0.3 is 15.4 Å². The number of nitrogen functional groups attached to an aromatic ring is 1. The third-order valence-electron chi connectivity index (χ3n) is 3.07. The Morgan fingerprint density at radius 3 is 2.38 bits per heavy atom. The second kappa shape index (κ2) is 4.11. The first-order valence-corrected chi connectivity index (χ1v) is 5.40. The molecule has 2 rings (SSSR count). The van der Waals surface area contributed by atoms with E-state index in [4.69, 9.17) is 10.5 Å². The second-order valence-electron chi connectivity index (χ2n) is 4.34. The second-order valence-corrected chi connectivity index (χ2v) is 4.34. The Morgan fingerprint density at radius 1 is 1.19 bits per heavy atom. The van der Waals surface area contributed by atoms with Gasteiger partial charge in [-0.2, -0.15) is 15.0 Å². The summed E-state index contributed by atoms with van der Waals surface area (Å²) in [5.74, 6) is 2.10. The largest absolute Gasteiger partial charge is 0.467 e. The Morgan fingerprint density at radius 2 is 1.81 bits per heavy atom. The lowest BCUT2D eigenvalue weighted by molar-refractivity contribution is 0.379. The topological polar surface area (TPSA) is 77.2 Å². The zero-order chi connectivity index (χ0) is 11.7. The summed E-state index contributed by atoms with van der Waals surface area (Å²) < 4.78 is 4.98. The molecule has 1 aromatic rings. The molecule has 0 radical (unpaired) electrons. The minimum atomic E-state index is 0.203. The van der Waals surface area contributed by atoms with Gasteiger partial charge in [-0.25, -0.2) is 0 Å². The van der Waals surface area contributed by atoms with Crippen LogP contribution in [0.1, 0.15) is 13.8 Å². The molecule has 0 aromatic carbocycles. The molecule has 6 heteroatoms. The molecule has 0 saturated carbocycles. The van der Waals surface area contributed by atoms with Crippen molar-refractivity contribution in [2.75, 3.05) is 30.8 Å². The maximum absolute atomic E-state index is 5.60. The highest BCUT2D eigenvalue weighted by Crippen LogP contribution is 2.26. The number of aromatic nitrogens is 3. The lowest BCUT2D eigenvalue weighted by atomic mass is 10.0. The molecule has 0 aliphatic carbocycles. The van der Waals surface area contributed by atoms with Crippen LogP contribution in [0.3, 0.4) is 0 Å². The van der Waals surface area contributed by atoms with Crippen molar-refractivity contribution in [1.82, 2.24) is 15.0 Å². The van der Waals surface area contributed by atoms with Crippen LogP contribution in [0, 0.1) is 11.8 Å². The van der Waals surface area contributed by atoms with Gasteiger partial charge in [0.05, 0.1) is 7.11 Å². The predicted octanol–water partition coefficient (Wildman–Crippen LogP) is 0.555. The first-order chi connectivity index (χ1) is 7.60. The summed E-state index contributed by atoms with van der Waals surface area (Å²) in [5.41, 5.74) is 5.60. The predicted molar refractivity (Wildman–Crippen MR) is 61.3 cm³/mol. The van der Waals surface area contributed by atoms with E-state index in [1.165, 1.54) is 7.11 Å². The molecule has 2 unspecified atom stereocenters. The minimum absolute atomic E-state index is 0.203. The number of ether oxygens (including phenoxy) is 1. The molecule has 2 atom stereocenters. The lowest BCUT2D eigenvalue weighted by Crippen LogP contribution is -2.23. The van der Waals surface area contributed by atoms with Gasteiger partial charge in [0, 0.05) is 13.1 Å². The number of nitrogens with two attached hydrogens (primary N) is 1. The molecule has 0 bridgehead atoms. The summed E-state index contributed by atoms with van der Waals surface area (Å²) >= 11 is 0. The van der Waals surface area contributed by atoms with Gasteiger partial charge in [0.1, 0.15) is 0 Å². The number of anilines is 2. The molecule has 1 saturated heterocycles. The van der Waals surface area contributed by atoms with E-state index >= 15 is 0 Å². The highest BCUT2D eigenvalue weighted by molar-refractivity contribution is 5.37. The number of hydrogen-bond donors (Lipinski definition) is 1. The fourth-order valence-electron chi connectivity index (χ4n) is 1.89. The lowest BCUT2D eigenvalue weighted by Gasteiger charge is -2.15. The van der Waals surface area contributed by atoms with Crippen LogP contribution < -0.4 is 15.4 Å². The Balaban J connectivity index is 2.24. The van der Waals surface area contributed by atoms with Crippen molar-refractivity contribution in [2.45, 2.75) is 13.8 Å². The average molecular weight is 223 g/mol. The fraction of sp³-hybridized carbons (Fsp3) is 0.700. The molecule has 2 heterocycles. The normalized spacial score (nSPS) is 24.8. The van der Waals surface area contributed by atoms with Crippen LogP contribution in [-0.2, 0) is 0 Å². The molecular formula is C10H17N5O. The van der Waals surface area contributed by atoms with E-state index in [1.807, 2.05) is 0 Å². The van der Waals surface area contributed by atoms with Crippen LogP contribution in [0.2, 0.25) is 0 Å². The van der Waals surface area contributed by atoms with Gasteiger partial charge in [-0.05, 0) is 11.8 Å². The smallest absolute Gasteiger partial charge is 0.322 e. The molecule has 6 nitrogen and oxygen atoms in total. The zero-order valence-corrected chi connectivity index (χ0v) is 9.84. The SMILES string of the molecule is COc1nc(N)nc(N2CC(C)C(C)C2)n1. The first kappa shape index (κ1) is 10.9. The maximum Gasteiger partial charge on any atom is 0.322 e. The molecule has 1 aliphatic heterocycles. The Hall–Kier alpha value is -1.59. The summed E-state index contributed by atoms with van der Waals surface area (Å²) in [6.45, 7) is 6.36. The number of hydrogen-bond acceptors (Lipinski definition) is 6. The van der Waals surface area contributed by atoms with Crippen molar-refractivity contribution < 1.29 is 4.74 Å². The van der Waals surface area contributed by atoms with Crippen LogP contribution in [0.4, 0.5) is 11.9 Å². The molecule has 1 fully saturated rings. The summed E-state index contributed by atoms with van der Waals surface area (Å²) in [6, 6.07) is 0.273. The third-order valence-corrected chi connectivity index (χ3v) is 3.07. The number of nitrogens with zero attached hydrogens (tertiary/aromatic N) is 4. The van der Waals surface area contributed by atoms with Crippen molar-refractivity contribution in [3.63, 3.8) is 0 Å².